The largest absolute Gasteiger partial charge is 0.462 e. The zero-order valence-electron chi connectivity index (χ0n) is 17.3. The molecule has 1 aliphatic rings. The molecule has 1 fully saturated rings. The fourth-order valence-electron chi connectivity index (χ4n) is 3.15. The van der Waals surface area contributed by atoms with E-state index in [1.165, 1.54) is 17.2 Å². The minimum atomic E-state index is -0.848. The molecule has 1 N–H and O–H groups in total. The minimum absolute atomic E-state index is 0.189. The zero-order valence-corrected chi connectivity index (χ0v) is 17.3. The van der Waals surface area contributed by atoms with E-state index in [4.69, 9.17) is 9.15 Å². The smallest absolute Gasteiger partial charge is 0.340 e. The van der Waals surface area contributed by atoms with Gasteiger partial charge in [-0.2, -0.15) is 0 Å². The van der Waals surface area contributed by atoms with Crippen LogP contribution in [0.4, 0.5) is 5.69 Å². The lowest BCUT2D eigenvalue weighted by molar-refractivity contribution is -0.144. The molecular formula is C22H25N3O6. The van der Waals surface area contributed by atoms with Gasteiger partial charge in [0.25, 0.3) is 5.91 Å². The van der Waals surface area contributed by atoms with Crippen molar-refractivity contribution in [3.63, 3.8) is 0 Å². The molecule has 2 aromatic rings. The van der Waals surface area contributed by atoms with Crippen LogP contribution in [-0.4, -0.2) is 66.3 Å². The van der Waals surface area contributed by atoms with Crippen LogP contribution in [0, 0.1) is 0 Å². The molecule has 9 nitrogen and oxygen atoms in total. The molecule has 0 spiro atoms. The highest BCUT2D eigenvalue weighted by molar-refractivity contribution is 6.39. The topological polar surface area (TPSA) is 109 Å². The van der Waals surface area contributed by atoms with Crippen molar-refractivity contribution in [3.8, 4) is 0 Å². The summed E-state index contributed by atoms with van der Waals surface area (Å²) >= 11 is 0. The maximum absolute atomic E-state index is 12.6. The number of piperazine rings is 1. The van der Waals surface area contributed by atoms with Gasteiger partial charge in [-0.3, -0.25) is 14.4 Å². The summed E-state index contributed by atoms with van der Waals surface area (Å²) in [7, 11) is 0. The van der Waals surface area contributed by atoms with Crippen LogP contribution >= 0.6 is 0 Å². The highest BCUT2D eigenvalue weighted by Gasteiger charge is 2.29. The number of nitrogens with one attached hydrogen (secondary N) is 1. The molecular weight excluding hydrogens is 402 g/mol. The van der Waals surface area contributed by atoms with Crippen molar-refractivity contribution >= 4 is 29.4 Å². The molecule has 0 radical (unpaired) electrons. The Balaban J connectivity index is 1.56. The van der Waals surface area contributed by atoms with Gasteiger partial charge in [-0.05, 0) is 30.7 Å². The van der Waals surface area contributed by atoms with Crippen LogP contribution in [0.2, 0.25) is 0 Å². The lowest BCUT2D eigenvalue weighted by atomic mass is 10.1. The summed E-state index contributed by atoms with van der Waals surface area (Å²) in [6.45, 7) is 3.30. The van der Waals surface area contributed by atoms with Gasteiger partial charge in [0.05, 0.1) is 24.1 Å². The van der Waals surface area contributed by atoms with Crippen LogP contribution < -0.4 is 5.32 Å². The Morgan fingerprint density at radius 2 is 1.71 bits per heavy atom. The van der Waals surface area contributed by atoms with E-state index in [2.05, 4.69) is 5.32 Å². The van der Waals surface area contributed by atoms with Crippen molar-refractivity contribution in [1.29, 1.82) is 0 Å². The predicted molar refractivity (Wildman–Crippen MR) is 111 cm³/mol. The lowest BCUT2D eigenvalue weighted by Gasteiger charge is -2.33. The van der Waals surface area contributed by atoms with Gasteiger partial charge in [-0.1, -0.05) is 25.5 Å². The molecule has 1 aromatic carbocycles. The molecule has 2 heterocycles. The lowest BCUT2D eigenvalue weighted by Crippen LogP contribution is -2.53. The van der Waals surface area contributed by atoms with Crippen LogP contribution in [0.5, 0.6) is 0 Å². The van der Waals surface area contributed by atoms with Gasteiger partial charge in [-0.25, -0.2) is 4.79 Å². The first-order valence-electron chi connectivity index (χ1n) is 10.2. The van der Waals surface area contributed by atoms with E-state index in [-0.39, 0.29) is 42.6 Å². The van der Waals surface area contributed by atoms with Crippen LogP contribution in [0.3, 0.4) is 0 Å². The van der Waals surface area contributed by atoms with Crippen molar-refractivity contribution < 1.29 is 28.3 Å². The van der Waals surface area contributed by atoms with E-state index in [1.54, 1.807) is 35.2 Å². The van der Waals surface area contributed by atoms with E-state index in [9.17, 15) is 19.2 Å². The van der Waals surface area contributed by atoms with Crippen molar-refractivity contribution in [1.82, 2.24) is 9.80 Å². The number of nitrogens with zero attached hydrogens (tertiary/aromatic N) is 2. The number of hydrogen-bond donors (Lipinski definition) is 1. The second kappa shape index (κ2) is 10.4. The first kappa shape index (κ1) is 22.1. The summed E-state index contributed by atoms with van der Waals surface area (Å²) in [5, 5.41) is 2.51. The summed E-state index contributed by atoms with van der Waals surface area (Å²) in [5.74, 6) is -2.14. The molecule has 164 valence electrons. The zero-order chi connectivity index (χ0) is 22.2. The van der Waals surface area contributed by atoms with Crippen LogP contribution in [0.25, 0.3) is 0 Å². The van der Waals surface area contributed by atoms with E-state index in [1.807, 2.05) is 6.92 Å². The second-order valence-electron chi connectivity index (χ2n) is 7.05. The normalized spacial score (nSPS) is 13.6. The predicted octanol–water partition coefficient (Wildman–Crippen LogP) is 2.16. The van der Waals surface area contributed by atoms with Crippen LogP contribution in [0.1, 0.15) is 40.7 Å². The SMILES string of the molecule is CCCCOC(=O)c1ccccc1NC(=O)C(=O)N1CCN(C(=O)c2ccco2)CC1. The van der Waals surface area contributed by atoms with Gasteiger partial charge in [-0.15, -0.1) is 0 Å². The van der Waals surface area contributed by atoms with Gasteiger partial charge in [0.1, 0.15) is 0 Å². The maximum Gasteiger partial charge on any atom is 0.340 e. The third kappa shape index (κ3) is 5.50. The third-order valence-corrected chi connectivity index (χ3v) is 4.91. The first-order chi connectivity index (χ1) is 15.0. The number of rotatable bonds is 6. The van der Waals surface area contributed by atoms with Gasteiger partial charge in [0, 0.05) is 26.2 Å². The maximum atomic E-state index is 12.6. The highest BCUT2D eigenvalue weighted by Crippen LogP contribution is 2.17. The summed E-state index contributed by atoms with van der Waals surface area (Å²) in [6.07, 6.45) is 3.06. The summed E-state index contributed by atoms with van der Waals surface area (Å²) in [4.78, 5) is 52.6. The number of esters is 1. The number of carbonyl (C=O) groups excluding carboxylic acids is 4. The molecule has 3 rings (SSSR count). The van der Waals surface area contributed by atoms with Crippen molar-refractivity contribution in [2.24, 2.45) is 0 Å². The monoisotopic (exact) mass is 427 g/mol. The van der Waals surface area contributed by atoms with Crippen molar-refractivity contribution in [2.75, 3.05) is 38.1 Å². The Hall–Kier alpha value is -3.62. The number of hydrogen-bond acceptors (Lipinski definition) is 6. The minimum Gasteiger partial charge on any atom is -0.462 e. The first-order valence-corrected chi connectivity index (χ1v) is 10.2. The standard InChI is InChI=1S/C22H25N3O6/c1-2-3-14-31-22(29)16-7-4-5-8-17(16)23-19(26)21(28)25-12-10-24(11-13-25)20(27)18-9-6-15-30-18/h4-9,15H,2-3,10-14H2,1H3,(H,23,26). The summed E-state index contributed by atoms with van der Waals surface area (Å²) in [6, 6.07) is 9.60. The van der Waals surface area contributed by atoms with Crippen LogP contribution in [0.15, 0.2) is 47.1 Å². The Labute approximate surface area is 179 Å². The Bertz CT molecular complexity index is 932. The number of benzene rings is 1. The molecule has 3 amide bonds. The van der Waals surface area contributed by atoms with E-state index in [0.29, 0.717) is 13.1 Å². The fourth-order valence-corrected chi connectivity index (χ4v) is 3.15. The molecule has 1 saturated heterocycles. The molecule has 31 heavy (non-hydrogen) atoms. The summed E-state index contributed by atoms with van der Waals surface area (Å²) < 4.78 is 10.3. The molecule has 9 heteroatoms. The van der Waals surface area contributed by atoms with E-state index >= 15 is 0 Å². The molecule has 0 bridgehead atoms. The van der Waals surface area contributed by atoms with Crippen molar-refractivity contribution in [3.05, 3.63) is 54.0 Å². The number of ether oxygens (including phenoxy) is 1. The van der Waals surface area contributed by atoms with Crippen molar-refractivity contribution in [2.45, 2.75) is 19.8 Å². The average molecular weight is 427 g/mol. The molecule has 0 atom stereocenters. The van der Waals surface area contributed by atoms with Crippen LogP contribution in [-0.2, 0) is 14.3 Å². The Kier molecular flexibility index (Phi) is 7.42. The number of unbranched alkanes of at least 4 members (excludes halogenated alkanes) is 1. The number of carbonyl (C=O) groups is 4. The Morgan fingerprint density at radius 3 is 2.39 bits per heavy atom. The van der Waals surface area contributed by atoms with Gasteiger partial charge in [0.15, 0.2) is 5.76 Å². The number of para-hydroxylation sites is 1. The van der Waals surface area contributed by atoms with E-state index < -0.39 is 17.8 Å². The Morgan fingerprint density at radius 1 is 1.00 bits per heavy atom. The number of furan rings is 1. The van der Waals surface area contributed by atoms with E-state index in [0.717, 1.165) is 12.8 Å². The third-order valence-electron chi connectivity index (χ3n) is 4.91. The molecule has 0 unspecified atom stereocenters. The average Bonchev–Trinajstić information content (AvgIpc) is 3.33. The second-order valence-corrected chi connectivity index (χ2v) is 7.05. The van der Waals surface area contributed by atoms with Gasteiger partial charge < -0.3 is 24.3 Å². The molecule has 1 aromatic heterocycles. The molecule has 0 saturated carbocycles. The summed E-state index contributed by atoms with van der Waals surface area (Å²) in [5.41, 5.74) is 0.405. The molecule has 0 aliphatic carbocycles. The quantitative estimate of drug-likeness (QED) is 0.430. The number of anilines is 1. The molecule has 1 aliphatic heterocycles. The van der Waals surface area contributed by atoms with Gasteiger partial charge in [0.2, 0.25) is 0 Å². The number of amides is 3. The highest BCUT2D eigenvalue weighted by atomic mass is 16.5. The van der Waals surface area contributed by atoms with Gasteiger partial charge >= 0.3 is 17.8 Å². The fraction of sp³-hybridized carbons (Fsp3) is 0.364.